The Balaban J connectivity index is 2.73. The van der Waals surface area contributed by atoms with Gasteiger partial charge in [0.05, 0.1) is 6.10 Å². The van der Waals surface area contributed by atoms with Crippen molar-refractivity contribution < 1.29 is 15.3 Å². The Kier molecular flexibility index (Phi) is 3.11. The van der Waals surface area contributed by atoms with Crippen molar-refractivity contribution in [3.63, 3.8) is 0 Å². The van der Waals surface area contributed by atoms with Crippen LogP contribution >= 0.6 is 0 Å². The van der Waals surface area contributed by atoms with Crippen LogP contribution in [0.2, 0.25) is 0 Å². The van der Waals surface area contributed by atoms with Crippen LogP contribution in [-0.2, 0) is 6.42 Å². The third-order valence-electron chi connectivity index (χ3n) is 1.78. The molecule has 0 aromatic heterocycles. The standard InChI is InChI=1S/C9H13NO3/c10-5-7(11)3-6-1-2-8(12)9(13)4-6/h1-2,4,7,11-13H,3,5,10H2. The highest BCUT2D eigenvalue weighted by Gasteiger charge is 2.05. The van der Waals surface area contributed by atoms with Crippen molar-refractivity contribution in [3.05, 3.63) is 23.8 Å². The number of rotatable bonds is 3. The van der Waals surface area contributed by atoms with E-state index in [1.165, 1.54) is 12.1 Å². The summed E-state index contributed by atoms with van der Waals surface area (Å²) >= 11 is 0. The molecule has 0 aliphatic rings. The highest BCUT2D eigenvalue weighted by Crippen LogP contribution is 2.25. The third kappa shape index (κ3) is 2.61. The molecule has 1 rings (SSSR count). The minimum atomic E-state index is -0.607. The van der Waals surface area contributed by atoms with E-state index in [4.69, 9.17) is 15.9 Å². The van der Waals surface area contributed by atoms with Crippen molar-refractivity contribution >= 4 is 0 Å². The lowest BCUT2D eigenvalue weighted by Gasteiger charge is -2.07. The molecule has 4 heteroatoms. The van der Waals surface area contributed by atoms with Crippen LogP contribution in [-0.4, -0.2) is 28.0 Å². The van der Waals surface area contributed by atoms with Gasteiger partial charge in [0.25, 0.3) is 0 Å². The largest absolute Gasteiger partial charge is 0.504 e. The lowest BCUT2D eigenvalue weighted by Crippen LogP contribution is -2.21. The first-order valence-corrected chi connectivity index (χ1v) is 4.02. The highest BCUT2D eigenvalue weighted by molar-refractivity contribution is 5.40. The fraction of sp³-hybridized carbons (Fsp3) is 0.333. The minimum absolute atomic E-state index is 0.161. The number of aromatic hydroxyl groups is 2. The van der Waals surface area contributed by atoms with E-state index in [2.05, 4.69) is 0 Å². The van der Waals surface area contributed by atoms with Crippen LogP contribution in [0.15, 0.2) is 18.2 Å². The number of aliphatic hydroxyl groups is 1. The number of benzene rings is 1. The third-order valence-corrected chi connectivity index (χ3v) is 1.78. The van der Waals surface area contributed by atoms with Crippen molar-refractivity contribution in [1.82, 2.24) is 0 Å². The zero-order valence-electron chi connectivity index (χ0n) is 7.14. The molecule has 0 saturated heterocycles. The van der Waals surface area contributed by atoms with Gasteiger partial charge in [0, 0.05) is 6.54 Å². The Labute approximate surface area is 76.2 Å². The predicted octanol–water partition coefficient (Wildman–Crippen LogP) is -0.0401. The second kappa shape index (κ2) is 4.11. The SMILES string of the molecule is NCC(O)Cc1ccc(O)c(O)c1. The second-order valence-corrected chi connectivity index (χ2v) is 2.92. The molecule has 0 heterocycles. The van der Waals surface area contributed by atoms with Gasteiger partial charge >= 0.3 is 0 Å². The fourth-order valence-electron chi connectivity index (χ4n) is 1.05. The number of hydrogen-bond donors (Lipinski definition) is 4. The predicted molar refractivity (Wildman–Crippen MR) is 48.5 cm³/mol. The van der Waals surface area contributed by atoms with Crippen LogP contribution in [0.1, 0.15) is 5.56 Å². The van der Waals surface area contributed by atoms with Crippen molar-refractivity contribution in [1.29, 1.82) is 0 Å². The van der Waals surface area contributed by atoms with Gasteiger partial charge in [-0.1, -0.05) is 6.07 Å². The number of aliphatic hydroxyl groups excluding tert-OH is 1. The lowest BCUT2D eigenvalue weighted by molar-refractivity contribution is 0.183. The summed E-state index contributed by atoms with van der Waals surface area (Å²) in [4.78, 5) is 0. The van der Waals surface area contributed by atoms with Crippen molar-refractivity contribution in [3.8, 4) is 11.5 Å². The van der Waals surface area contributed by atoms with Crippen LogP contribution < -0.4 is 5.73 Å². The maximum atomic E-state index is 9.20. The first-order chi connectivity index (χ1) is 6.13. The Morgan fingerprint density at radius 2 is 1.92 bits per heavy atom. The number of phenols is 2. The summed E-state index contributed by atoms with van der Waals surface area (Å²) in [5.41, 5.74) is 5.97. The molecule has 1 atom stereocenters. The molecule has 0 bridgehead atoms. The Morgan fingerprint density at radius 1 is 1.23 bits per heavy atom. The lowest BCUT2D eigenvalue weighted by atomic mass is 10.1. The zero-order chi connectivity index (χ0) is 9.84. The summed E-state index contributed by atoms with van der Waals surface area (Å²) in [6, 6.07) is 4.43. The fourth-order valence-corrected chi connectivity index (χ4v) is 1.05. The first-order valence-electron chi connectivity index (χ1n) is 4.02. The van der Waals surface area contributed by atoms with E-state index in [9.17, 15) is 5.11 Å². The molecule has 0 fully saturated rings. The van der Waals surface area contributed by atoms with Crippen LogP contribution in [0.5, 0.6) is 11.5 Å². The smallest absolute Gasteiger partial charge is 0.157 e. The summed E-state index contributed by atoms with van der Waals surface area (Å²) in [7, 11) is 0. The van der Waals surface area contributed by atoms with Gasteiger partial charge in [0.15, 0.2) is 11.5 Å². The average molecular weight is 183 g/mol. The van der Waals surface area contributed by atoms with E-state index in [1.807, 2.05) is 0 Å². The van der Waals surface area contributed by atoms with Gasteiger partial charge in [-0.25, -0.2) is 0 Å². The quantitative estimate of drug-likeness (QED) is 0.495. The molecule has 5 N–H and O–H groups in total. The molecule has 1 unspecified atom stereocenters. The van der Waals surface area contributed by atoms with Gasteiger partial charge in [0.1, 0.15) is 0 Å². The van der Waals surface area contributed by atoms with E-state index in [0.717, 1.165) is 5.56 Å². The molecule has 0 amide bonds. The maximum absolute atomic E-state index is 9.20. The molecule has 1 aromatic carbocycles. The van der Waals surface area contributed by atoms with E-state index < -0.39 is 6.10 Å². The minimum Gasteiger partial charge on any atom is -0.504 e. The summed E-state index contributed by atoms with van der Waals surface area (Å²) in [6.07, 6.45) is -0.228. The zero-order valence-corrected chi connectivity index (χ0v) is 7.14. The van der Waals surface area contributed by atoms with Crippen molar-refractivity contribution in [2.24, 2.45) is 5.73 Å². The van der Waals surface area contributed by atoms with E-state index in [1.54, 1.807) is 6.07 Å². The molecular formula is C9H13NO3. The Hall–Kier alpha value is -1.26. The Morgan fingerprint density at radius 3 is 2.46 bits per heavy atom. The highest BCUT2D eigenvalue weighted by atomic mass is 16.3. The average Bonchev–Trinajstić information content (AvgIpc) is 2.11. The number of phenolic OH excluding ortho intramolecular Hbond substituents is 2. The number of hydrogen-bond acceptors (Lipinski definition) is 4. The topological polar surface area (TPSA) is 86.7 Å². The maximum Gasteiger partial charge on any atom is 0.157 e. The van der Waals surface area contributed by atoms with Gasteiger partial charge in [-0.3, -0.25) is 0 Å². The van der Waals surface area contributed by atoms with Gasteiger partial charge < -0.3 is 21.1 Å². The van der Waals surface area contributed by atoms with Gasteiger partial charge in [-0.2, -0.15) is 0 Å². The molecule has 13 heavy (non-hydrogen) atoms. The molecule has 4 nitrogen and oxygen atoms in total. The van der Waals surface area contributed by atoms with E-state index in [0.29, 0.717) is 6.42 Å². The molecule has 0 saturated carbocycles. The van der Waals surface area contributed by atoms with Gasteiger partial charge in [-0.15, -0.1) is 0 Å². The van der Waals surface area contributed by atoms with E-state index >= 15 is 0 Å². The molecule has 0 spiro atoms. The molecule has 0 radical (unpaired) electrons. The van der Waals surface area contributed by atoms with Crippen LogP contribution in [0.4, 0.5) is 0 Å². The Bertz CT molecular complexity index is 288. The molecule has 0 aliphatic carbocycles. The van der Waals surface area contributed by atoms with E-state index in [-0.39, 0.29) is 18.0 Å². The number of nitrogens with two attached hydrogens (primary N) is 1. The van der Waals surface area contributed by atoms with Gasteiger partial charge in [-0.05, 0) is 24.1 Å². The second-order valence-electron chi connectivity index (χ2n) is 2.92. The van der Waals surface area contributed by atoms with Crippen LogP contribution in [0.25, 0.3) is 0 Å². The van der Waals surface area contributed by atoms with Crippen molar-refractivity contribution in [2.45, 2.75) is 12.5 Å². The van der Waals surface area contributed by atoms with Crippen LogP contribution in [0, 0.1) is 0 Å². The summed E-state index contributed by atoms with van der Waals surface area (Å²) in [5.74, 6) is -0.340. The first kappa shape index (κ1) is 9.83. The molecule has 0 aliphatic heterocycles. The van der Waals surface area contributed by atoms with Crippen LogP contribution in [0.3, 0.4) is 0 Å². The summed E-state index contributed by atoms with van der Waals surface area (Å²) in [6.45, 7) is 0.182. The molecule has 1 aromatic rings. The summed E-state index contributed by atoms with van der Waals surface area (Å²) < 4.78 is 0. The summed E-state index contributed by atoms with van der Waals surface area (Å²) in [5, 5.41) is 27.3. The molecular weight excluding hydrogens is 170 g/mol. The van der Waals surface area contributed by atoms with Crippen molar-refractivity contribution in [2.75, 3.05) is 6.54 Å². The molecule has 72 valence electrons. The normalized spacial score (nSPS) is 12.8. The van der Waals surface area contributed by atoms with Gasteiger partial charge in [0.2, 0.25) is 0 Å². The monoisotopic (exact) mass is 183 g/mol.